The molecule has 0 aromatic heterocycles. The summed E-state index contributed by atoms with van der Waals surface area (Å²) in [5, 5.41) is 19.5. The van der Waals surface area contributed by atoms with Crippen molar-refractivity contribution in [3.8, 4) is 0 Å². The normalized spacial score (nSPS) is 41.7. The third-order valence-corrected chi connectivity index (χ3v) is 2.98. The summed E-state index contributed by atoms with van der Waals surface area (Å²) in [5.74, 6) is -2.81. The lowest BCUT2D eigenvalue weighted by Crippen LogP contribution is -2.43. The fourth-order valence-electron chi connectivity index (χ4n) is 2.33. The fraction of sp³-hybridized carbons (Fsp3) is 0.909. The molecule has 0 amide bonds. The van der Waals surface area contributed by atoms with Crippen molar-refractivity contribution in [2.75, 3.05) is 13.2 Å². The van der Waals surface area contributed by atoms with Gasteiger partial charge in [0.15, 0.2) is 5.79 Å². The van der Waals surface area contributed by atoms with Crippen LogP contribution < -0.4 is 0 Å². The molecule has 7 heteroatoms. The zero-order chi connectivity index (χ0) is 13.6. The number of ether oxygens (including phenoxy) is 4. The van der Waals surface area contributed by atoms with E-state index in [1.807, 2.05) is 0 Å². The number of aliphatic hydroxyl groups is 2. The van der Waals surface area contributed by atoms with E-state index in [4.69, 9.17) is 18.9 Å². The molecule has 2 N–H and O–H groups in total. The van der Waals surface area contributed by atoms with E-state index in [9.17, 15) is 15.0 Å². The molecular formula is C11H18O7. The van der Waals surface area contributed by atoms with Crippen LogP contribution in [-0.2, 0) is 23.7 Å². The van der Waals surface area contributed by atoms with Gasteiger partial charge >= 0.3 is 5.97 Å². The molecule has 0 radical (unpaired) electrons. The summed E-state index contributed by atoms with van der Waals surface area (Å²) in [5.41, 5.74) is 0. The van der Waals surface area contributed by atoms with Gasteiger partial charge in [-0.15, -0.1) is 0 Å². The summed E-state index contributed by atoms with van der Waals surface area (Å²) in [6.07, 6.45) is -2.61. The Balaban J connectivity index is 2.09. The van der Waals surface area contributed by atoms with Crippen molar-refractivity contribution in [1.82, 2.24) is 0 Å². The van der Waals surface area contributed by atoms with Crippen molar-refractivity contribution in [2.45, 2.75) is 50.7 Å². The molecule has 7 nitrogen and oxygen atoms in total. The molecule has 18 heavy (non-hydrogen) atoms. The Morgan fingerprint density at radius 1 is 1.39 bits per heavy atom. The molecule has 0 bridgehead atoms. The van der Waals surface area contributed by atoms with Gasteiger partial charge in [0, 0.05) is 6.92 Å². The predicted molar refractivity (Wildman–Crippen MR) is 57.4 cm³/mol. The standard InChI is InChI=1S/C11H18O7/c1-6(13)15-4-7-8(14)9-11(5-12,16-7)18-10(2,3)17-9/h7-9,12,14H,4-5H2,1-3H3/t7-,8+,9-,11-/m0/s1. The van der Waals surface area contributed by atoms with Gasteiger partial charge in [0.1, 0.15) is 31.5 Å². The Kier molecular flexibility index (Phi) is 3.37. The second-order valence-corrected chi connectivity index (χ2v) is 4.96. The molecule has 0 spiro atoms. The molecule has 0 aromatic rings. The molecule has 2 saturated heterocycles. The molecule has 2 rings (SSSR count). The highest BCUT2D eigenvalue weighted by Gasteiger charge is 2.64. The average molecular weight is 262 g/mol. The monoisotopic (exact) mass is 262 g/mol. The molecule has 0 unspecified atom stereocenters. The van der Waals surface area contributed by atoms with E-state index >= 15 is 0 Å². The third-order valence-electron chi connectivity index (χ3n) is 2.98. The van der Waals surface area contributed by atoms with Gasteiger partial charge < -0.3 is 29.2 Å². The van der Waals surface area contributed by atoms with Crippen LogP contribution in [0.15, 0.2) is 0 Å². The van der Waals surface area contributed by atoms with Crippen LogP contribution in [0.5, 0.6) is 0 Å². The summed E-state index contributed by atoms with van der Waals surface area (Å²) in [4.78, 5) is 10.7. The maximum Gasteiger partial charge on any atom is 0.302 e. The molecule has 2 heterocycles. The zero-order valence-electron chi connectivity index (χ0n) is 10.6. The van der Waals surface area contributed by atoms with Crippen molar-refractivity contribution < 1.29 is 34.0 Å². The van der Waals surface area contributed by atoms with Gasteiger partial charge in [-0.2, -0.15) is 0 Å². The van der Waals surface area contributed by atoms with Crippen molar-refractivity contribution in [3.05, 3.63) is 0 Å². The summed E-state index contributed by atoms with van der Waals surface area (Å²) >= 11 is 0. The fourth-order valence-corrected chi connectivity index (χ4v) is 2.33. The van der Waals surface area contributed by atoms with E-state index in [1.54, 1.807) is 13.8 Å². The first-order valence-corrected chi connectivity index (χ1v) is 5.78. The van der Waals surface area contributed by atoms with Crippen LogP contribution in [0.4, 0.5) is 0 Å². The number of esters is 1. The number of rotatable bonds is 3. The number of fused-ring (bicyclic) bond motifs is 1. The highest BCUT2D eigenvalue weighted by Crippen LogP contribution is 2.45. The van der Waals surface area contributed by atoms with Gasteiger partial charge in [0.05, 0.1) is 0 Å². The highest BCUT2D eigenvalue weighted by molar-refractivity contribution is 5.65. The van der Waals surface area contributed by atoms with E-state index in [1.165, 1.54) is 6.92 Å². The number of hydrogen-bond donors (Lipinski definition) is 2. The van der Waals surface area contributed by atoms with Crippen LogP contribution in [0, 0.1) is 0 Å². The van der Waals surface area contributed by atoms with Gasteiger partial charge in [-0.1, -0.05) is 0 Å². The van der Waals surface area contributed by atoms with Crippen LogP contribution >= 0.6 is 0 Å². The average Bonchev–Trinajstić information content (AvgIpc) is 2.67. The Morgan fingerprint density at radius 2 is 2.06 bits per heavy atom. The number of carbonyl (C=O) groups is 1. The van der Waals surface area contributed by atoms with Crippen LogP contribution in [-0.4, -0.2) is 59.3 Å². The predicted octanol–water partition coefficient (Wildman–Crippen LogP) is -0.851. The minimum atomic E-state index is -1.40. The molecule has 2 fully saturated rings. The van der Waals surface area contributed by atoms with E-state index < -0.39 is 42.5 Å². The maximum absolute atomic E-state index is 10.7. The van der Waals surface area contributed by atoms with E-state index in [-0.39, 0.29) is 6.61 Å². The van der Waals surface area contributed by atoms with Crippen molar-refractivity contribution in [1.29, 1.82) is 0 Å². The lowest BCUT2D eigenvalue weighted by Gasteiger charge is -2.26. The molecule has 104 valence electrons. The van der Waals surface area contributed by atoms with Gasteiger partial charge in [0.25, 0.3) is 0 Å². The summed E-state index contributed by atoms with van der Waals surface area (Å²) in [7, 11) is 0. The topological polar surface area (TPSA) is 94.5 Å². The third kappa shape index (κ3) is 2.24. The SMILES string of the molecule is CC(=O)OC[C@@H]1O[C@@]2(CO)OC(C)(C)O[C@H]2[C@@H]1O. The Morgan fingerprint density at radius 3 is 2.56 bits per heavy atom. The molecular weight excluding hydrogens is 244 g/mol. The van der Waals surface area contributed by atoms with E-state index in [0.29, 0.717) is 0 Å². The van der Waals surface area contributed by atoms with Crippen molar-refractivity contribution >= 4 is 5.97 Å². The van der Waals surface area contributed by atoms with Gasteiger partial charge in [-0.05, 0) is 13.8 Å². The highest BCUT2D eigenvalue weighted by atomic mass is 16.9. The molecule has 4 atom stereocenters. The smallest absolute Gasteiger partial charge is 0.302 e. The molecule has 0 saturated carbocycles. The van der Waals surface area contributed by atoms with Crippen molar-refractivity contribution in [3.63, 3.8) is 0 Å². The van der Waals surface area contributed by atoms with Crippen molar-refractivity contribution in [2.24, 2.45) is 0 Å². The van der Waals surface area contributed by atoms with Crippen LogP contribution in [0.3, 0.4) is 0 Å². The van der Waals surface area contributed by atoms with Gasteiger partial charge in [-0.25, -0.2) is 0 Å². The lowest BCUT2D eigenvalue weighted by molar-refractivity contribution is -0.277. The first-order chi connectivity index (χ1) is 8.30. The van der Waals surface area contributed by atoms with Gasteiger partial charge in [-0.3, -0.25) is 4.79 Å². The van der Waals surface area contributed by atoms with E-state index in [0.717, 1.165) is 0 Å². The van der Waals surface area contributed by atoms with Crippen LogP contribution in [0.2, 0.25) is 0 Å². The van der Waals surface area contributed by atoms with E-state index in [2.05, 4.69) is 0 Å². The van der Waals surface area contributed by atoms with Crippen LogP contribution in [0.1, 0.15) is 20.8 Å². The van der Waals surface area contributed by atoms with Gasteiger partial charge in [0.2, 0.25) is 5.79 Å². The second kappa shape index (κ2) is 4.43. The Hall–Kier alpha value is -0.730. The van der Waals surface area contributed by atoms with Crippen LogP contribution in [0.25, 0.3) is 0 Å². The first kappa shape index (κ1) is 13.7. The number of hydrogen-bond acceptors (Lipinski definition) is 7. The second-order valence-electron chi connectivity index (χ2n) is 4.96. The summed E-state index contributed by atoms with van der Waals surface area (Å²) < 4.78 is 21.3. The minimum Gasteiger partial charge on any atom is -0.463 e. The zero-order valence-corrected chi connectivity index (χ0v) is 10.6. The quantitative estimate of drug-likeness (QED) is 0.640. The molecule has 2 aliphatic heterocycles. The molecule has 0 aliphatic carbocycles. The Bertz CT molecular complexity index is 342. The first-order valence-electron chi connectivity index (χ1n) is 5.78. The Labute approximate surface area is 105 Å². The summed E-state index contributed by atoms with van der Waals surface area (Å²) in [6, 6.07) is 0. The largest absolute Gasteiger partial charge is 0.463 e. The maximum atomic E-state index is 10.7. The lowest BCUT2D eigenvalue weighted by atomic mass is 10.1. The number of carbonyl (C=O) groups excluding carboxylic acids is 1. The minimum absolute atomic E-state index is 0.109. The molecule has 0 aromatic carbocycles. The molecule has 2 aliphatic rings. The summed E-state index contributed by atoms with van der Waals surface area (Å²) in [6.45, 7) is 4.04. The number of aliphatic hydroxyl groups excluding tert-OH is 2.